The molecular formula is C19H19N5O2. The molecule has 4 N–H and O–H groups in total. The van der Waals surface area contributed by atoms with E-state index in [1.165, 1.54) is 11.9 Å². The van der Waals surface area contributed by atoms with Gasteiger partial charge >= 0.3 is 0 Å². The van der Waals surface area contributed by atoms with Gasteiger partial charge in [-0.25, -0.2) is 9.97 Å². The molecule has 26 heavy (non-hydrogen) atoms. The van der Waals surface area contributed by atoms with Crippen molar-refractivity contribution in [3.8, 4) is 11.5 Å². The van der Waals surface area contributed by atoms with Gasteiger partial charge in [-0.05, 0) is 43.2 Å². The number of nitrogen functional groups attached to an aromatic ring is 1. The van der Waals surface area contributed by atoms with Crippen LogP contribution >= 0.6 is 0 Å². The van der Waals surface area contributed by atoms with Crippen LogP contribution in [0.15, 0.2) is 42.7 Å². The lowest BCUT2D eigenvalue weighted by Gasteiger charge is -2.15. The summed E-state index contributed by atoms with van der Waals surface area (Å²) in [5.74, 6) is 2.49. The Morgan fingerprint density at radius 3 is 2.58 bits per heavy atom. The van der Waals surface area contributed by atoms with E-state index in [-0.39, 0.29) is 6.79 Å². The number of ether oxygens (including phenoxy) is 2. The molecule has 0 saturated carbocycles. The third-order valence-electron chi connectivity index (χ3n) is 4.38. The standard InChI is InChI=1S/C19H19N5O2/c1-11-4-3-5-14(12(11)2)24-19-17(20)18(21-9-22-19)23-13-6-7-15-16(8-13)26-10-25-15/h3-9H,10,20H2,1-2H3,(H2,21,22,23,24). The summed E-state index contributed by atoms with van der Waals surface area (Å²) in [6, 6.07) is 11.6. The lowest BCUT2D eigenvalue weighted by molar-refractivity contribution is 0.174. The van der Waals surface area contributed by atoms with Crippen molar-refractivity contribution in [2.75, 3.05) is 23.2 Å². The molecule has 0 aliphatic carbocycles. The number of aryl methyl sites for hydroxylation is 1. The summed E-state index contributed by atoms with van der Waals surface area (Å²) in [5, 5.41) is 6.49. The van der Waals surface area contributed by atoms with Crippen LogP contribution in [0.25, 0.3) is 0 Å². The van der Waals surface area contributed by atoms with Crippen LogP contribution in [0.4, 0.5) is 28.7 Å². The normalized spacial score (nSPS) is 12.1. The van der Waals surface area contributed by atoms with Crippen LogP contribution in [-0.4, -0.2) is 16.8 Å². The van der Waals surface area contributed by atoms with E-state index in [1.807, 2.05) is 30.3 Å². The van der Waals surface area contributed by atoms with E-state index in [0.717, 1.165) is 22.7 Å². The molecule has 3 aromatic rings. The third-order valence-corrected chi connectivity index (χ3v) is 4.38. The van der Waals surface area contributed by atoms with Gasteiger partial charge in [0, 0.05) is 17.4 Å². The molecule has 1 aromatic heterocycles. The van der Waals surface area contributed by atoms with Gasteiger partial charge in [-0.1, -0.05) is 12.1 Å². The summed E-state index contributed by atoms with van der Waals surface area (Å²) >= 11 is 0. The summed E-state index contributed by atoms with van der Waals surface area (Å²) in [7, 11) is 0. The van der Waals surface area contributed by atoms with Crippen molar-refractivity contribution >= 4 is 28.7 Å². The van der Waals surface area contributed by atoms with Gasteiger partial charge in [0.25, 0.3) is 0 Å². The van der Waals surface area contributed by atoms with Crippen LogP contribution < -0.4 is 25.8 Å². The van der Waals surface area contributed by atoms with Gasteiger partial charge in [-0.2, -0.15) is 0 Å². The molecule has 7 heteroatoms. The molecule has 132 valence electrons. The van der Waals surface area contributed by atoms with E-state index in [0.29, 0.717) is 23.1 Å². The number of hydrogen-bond acceptors (Lipinski definition) is 7. The molecule has 0 radical (unpaired) electrons. The Kier molecular flexibility index (Phi) is 3.96. The second-order valence-electron chi connectivity index (χ2n) is 6.05. The van der Waals surface area contributed by atoms with Crippen LogP contribution in [0.1, 0.15) is 11.1 Å². The van der Waals surface area contributed by atoms with Gasteiger partial charge in [0.05, 0.1) is 0 Å². The Labute approximate surface area is 151 Å². The van der Waals surface area contributed by atoms with Gasteiger partial charge in [-0.3, -0.25) is 0 Å². The molecule has 2 aromatic carbocycles. The summed E-state index contributed by atoms with van der Waals surface area (Å²) in [6.07, 6.45) is 1.47. The van der Waals surface area contributed by atoms with Gasteiger partial charge in [-0.15, -0.1) is 0 Å². The molecule has 4 rings (SSSR count). The first kappa shape index (κ1) is 16.0. The molecular weight excluding hydrogens is 330 g/mol. The molecule has 0 atom stereocenters. The zero-order chi connectivity index (χ0) is 18.1. The first-order valence-electron chi connectivity index (χ1n) is 8.22. The molecule has 0 bridgehead atoms. The lowest BCUT2D eigenvalue weighted by atomic mass is 10.1. The number of nitrogens with two attached hydrogens (primary N) is 1. The van der Waals surface area contributed by atoms with Crippen molar-refractivity contribution < 1.29 is 9.47 Å². The van der Waals surface area contributed by atoms with Crippen LogP contribution in [0.3, 0.4) is 0 Å². The summed E-state index contributed by atoms with van der Waals surface area (Å²) in [6.45, 7) is 4.36. The fraction of sp³-hybridized carbons (Fsp3) is 0.158. The minimum absolute atomic E-state index is 0.234. The second kappa shape index (κ2) is 6.44. The largest absolute Gasteiger partial charge is 0.454 e. The topological polar surface area (TPSA) is 94.3 Å². The van der Waals surface area contributed by atoms with E-state index in [2.05, 4.69) is 40.5 Å². The quantitative estimate of drug-likeness (QED) is 0.658. The molecule has 1 aliphatic heterocycles. The number of hydrogen-bond donors (Lipinski definition) is 3. The average molecular weight is 349 g/mol. The monoisotopic (exact) mass is 349 g/mol. The van der Waals surface area contributed by atoms with Crippen LogP contribution in [-0.2, 0) is 0 Å². The summed E-state index contributed by atoms with van der Waals surface area (Å²) in [5.41, 5.74) is 10.8. The highest BCUT2D eigenvalue weighted by atomic mass is 16.7. The van der Waals surface area contributed by atoms with E-state index >= 15 is 0 Å². The van der Waals surface area contributed by atoms with Crippen LogP contribution in [0, 0.1) is 13.8 Å². The number of benzene rings is 2. The van der Waals surface area contributed by atoms with Crippen molar-refractivity contribution in [2.24, 2.45) is 0 Å². The van der Waals surface area contributed by atoms with Crippen molar-refractivity contribution in [1.82, 2.24) is 9.97 Å². The fourth-order valence-electron chi connectivity index (χ4n) is 2.72. The van der Waals surface area contributed by atoms with E-state index in [9.17, 15) is 0 Å². The first-order valence-corrected chi connectivity index (χ1v) is 8.22. The number of fused-ring (bicyclic) bond motifs is 1. The molecule has 1 aliphatic rings. The summed E-state index contributed by atoms with van der Waals surface area (Å²) < 4.78 is 10.7. The minimum atomic E-state index is 0.234. The SMILES string of the molecule is Cc1cccc(Nc2ncnc(Nc3ccc4c(c3)OCO4)c2N)c1C. The van der Waals surface area contributed by atoms with Crippen LogP contribution in [0.5, 0.6) is 11.5 Å². The maximum absolute atomic E-state index is 6.27. The maximum atomic E-state index is 6.27. The zero-order valence-corrected chi connectivity index (χ0v) is 14.5. The highest BCUT2D eigenvalue weighted by molar-refractivity contribution is 5.81. The van der Waals surface area contributed by atoms with Crippen molar-refractivity contribution in [2.45, 2.75) is 13.8 Å². The molecule has 0 saturated heterocycles. The van der Waals surface area contributed by atoms with Gasteiger partial charge in [0.1, 0.15) is 12.0 Å². The smallest absolute Gasteiger partial charge is 0.231 e. The predicted octanol–water partition coefficient (Wildman–Crippen LogP) is 3.89. The number of anilines is 5. The lowest BCUT2D eigenvalue weighted by Crippen LogP contribution is -2.06. The van der Waals surface area contributed by atoms with Gasteiger partial charge < -0.3 is 25.8 Å². The number of nitrogens with zero attached hydrogens (tertiary/aromatic N) is 2. The molecule has 2 heterocycles. The number of nitrogens with one attached hydrogen (secondary N) is 2. The molecule has 0 spiro atoms. The summed E-state index contributed by atoms with van der Waals surface area (Å²) in [4.78, 5) is 8.52. The van der Waals surface area contributed by atoms with Gasteiger partial charge in [0.2, 0.25) is 6.79 Å². The molecule has 0 amide bonds. The Morgan fingerprint density at radius 2 is 1.73 bits per heavy atom. The average Bonchev–Trinajstić information content (AvgIpc) is 3.10. The fourth-order valence-corrected chi connectivity index (χ4v) is 2.72. The van der Waals surface area contributed by atoms with E-state index in [4.69, 9.17) is 15.2 Å². The zero-order valence-electron chi connectivity index (χ0n) is 14.5. The Bertz CT molecular complexity index is 974. The minimum Gasteiger partial charge on any atom is -0.454 e. The van der Waals surface area contributed by atoms with E-state index < -0.39 is 0 Å². The maximum Gasteiger partial charge on any atom is 0.231 e. The van der Waals surface area contributed by atoms with Crippen LogP contribution in [0.2, 0.25) is 0 Å². The number of aromatic nitrogens is 2. The second-order valence-corrected chi connectivity index (χ2v) is 6.05. The third kappa shape index (κ3) is 2.95. The first-order chi connectivity index (χ1) is 12.6. The van der Waals surface area contributed by atoms with Crippen molar-refractivity contribution in [3.63, 3.8) is 0 Å². The molecule has 0 fully saturated rings. The van der Waals surface area contributed by atoms with Gasteiger partial charge in [0.15, 0.2) is 23.1 Å². The van der Waals surface area contributed by atoms with Crippen molar-refractivity contribution in [1.29, 1.82) is 0 Å². The Morgan fingerprint density at radius 1 is 0.962 bits per heavy atom. The highest BCUT2D eigenvalue weighted by Gasteiger charge is 2.15. The Balaban J connectivity index is 1.60. The molecule has 0 unspecified atom stereocenters. The Hall–Kier alpha value is -3.48. The highest BCUT2D eigenvalue weighted by Crippen LogP contribution is 2.36. The van der Waals surface area contributed by atoms with E-state index in [1.54, 1.807) is 0 Å². The number of rotatable bonds is 4. The predicted molar refractivity (Wildman–Crippen MR) is 101 cm³/mol. The molecule has 7 nitrogen and oxygen atoms in total. The van der Waals surface area contributed by atoms with Crippen molar-refractivity contribution in [3.05, 3.63) is 53.9 Å².